The predicted octanol–water partition coefficient (Wildman–Crippen LogP) is 3.66. The molecule has 1 saturated carbocycles. The van der Waals surface area contributed by atoms with Gasteiger partial charge in [0.2, 0.25) is 0 Å². The van der Waals surface area contributed by atoms with Crippen LogP contribution in [-0.2, 0) is 15.0 Å². The van der Waals surface area contributed by atoms with Gasteiger partial charge in [0.25, 0.3) is 0 Å². The van der Waals surface area contributed by atoms with Crippen molar-refractivity contribution in [1.82, 2.24) is 5.32 Å². The van der Waals surface area contributed by atoms with Crippen LogP contribution in [0.3, 0.4) is 0 Å². The highest BCUT2D eigenvalue weighted by atomic mass is 32.2. The molecule has 3 rings (SSSR count). The summed E-state index contributed by atoms with van der Waals surface area (Å²) in [5.41, 5.74) is 5.44. The van der Waals surface area contributed by atoms with Crippen molar-refractivity contribution in [2.45, 2.75) is 50.9 Å². The van der Waals surface area contributed by atoms with Crippen LogP contribution in [0.2, 0.25) is 0 Å². The number of anilines is 1. The number of halogens is 1. The third-order valence-electron chi connectivity index (χ3n) is 4.88. The highest BCUT2D eigenvalue weighted by Gasteiger charge is 2.52. The number of alkyl carbamates (subject to hydrolysis) is 1. The number of amidine groups is 1. The molecule has 0 radical (unpaired) electrons. The van der Waals surface area contributed by atoms with E-state index in [1.165, 1.54) is 23.9 Å². The first-order chi connectivity index (χ1) is 12.6. The van der Waals surface area contributed by atoms with E-state index >= 15 is 0 Å². The highest BCUT2D eigenvalue weighted by Crippen LogP contribution is 2.52. The van der Waals surface area contributed by atoms with Crippen LogP contribution in [0.25, 0.3) is 0 Å². The number of hydrogen-bond acceptors (Lipinski definition) is 6. The van der Waals surface area contributed by atoms with Crippen LogP contribution in [-0.4, -0.2) is 35.8 Å². The Hall–Kier alpha value is -1.80. The molecular weight excluding hydrogens is 369 g/mol. The minimum Gasteiger partial charge on any atom is -0.444 e. The standard InChI is InChI=1S/C19H26FN3O3S/c1-18(2,3)26-17(24)22-16-23-19(14-8-12(21)5-6-15(14)20)9-13(25-4)7-11(19)10-27-16/h5-6,8,11,13H,7,9-10,21H2,1-4H3,(H,22,23,24)/t11?,13-,19+/m1/s1. The summed E-state index contributed by atoms with van der Waals surface area (Å²) < 4.78 is 25.6. The average molecular weight is 396 g/mol. The van der Waals surface area contributed by atoms with Crippen LogP contribution < -0.4 is 11.1 Å². The van der Waals surface area contributed by atoms with Crippen LogP contribution in [0.5, 0.6) is 0 Å². The fourth-order valence-corrected chi connectivity index (χ4v) is 4.90. The van der Waals surface area contributed by atoms with Gasteiger partial charge in [-0.2, -0.15) is 0 Å². The number of nitrogen functional groups attached to an aromatic ring is 1. The number of thioether (sulfide) groups is 1. The summed E-state index contributed by atoms with van der Waals surface area (Å²) in [7, 11) is 1.65. The number of nitrogens with zero attached hydrogens (tertiary/aromatic N) is 1. The number of rotatable bonds is 2. The number of hydrogen-bond donors (Lipinski definition) is 2. The zero-order valence-corrected chi connectivity index (χ0v) is 16.9. The number of methoxy groups -OCH3 is 1. The fraction of sp³-hybridized carbons (Fsp3) is 0.579. The van der Waals surface area contributed by atoms with E-state index in [2.05, 4.69) is 5.32 Å². The molecular formula is C19H26FN3O3S. The maximum Gasteiger partial charge on any atom is 0.413 e. The maximum absolute atomic E-state index is 14.7. The molecule has 1 aliphatic carbocycles. The lowest BCUT2D eigenvalue weighted by atomic mass is 9.81. The van der Waals surface area contributed by atoms with Crippen molar-refractivity contribution in [1.29, 1.82) is 0 Å². The number of amides is 1. The molecule has 148 valence electrons. The lowest BCUT2D eigenvalue weighted by Crippen LogP contribution is -2.42. The largest absolute Gasteiger partial charge is 0.444 e. The fourth-order valence-electron chi connectivity index (χ4n) is 3.74. The SMILES string of the molecule is CO[C@@H]1CC2CSC(NC(=O)OC(C)(C)C)=N[C@@]2(c2cc(N)ccc2F)C1. The molecule has 1 aromatic rings. The molecule has 1 unspecified atom stereocenters. The number of nitrogens with two attached hydrogens (primary N) is 1. The Labute approximate surface area is 163 Å². The summed E-state index contributed by atoms with van der Waals surface area (Å²) in [6, 6.07) is 4.55. The Morgan fingerprint density at radius 1 is 1.44 bits per heavy atom. The van der Waals surface area contributed by atoms with E-state index in [0.29, 0.717) is 28.6 Å². The molecule has 0 aromatic heterocycles. The molecule has 27 heavy (non-hydrogen) atoms. The lowest BCUT2D eigenvalue weighted by Gasteiger charge is -2.36. The first-order valence-corrected chi connectivity index (χ1v) is 9.92. The zero-order chi connectivity index (χ0) is 19.8. The lowest BCUT2D eigenvalue weighted by molar-refractivity contribution is 0.0564. The molecule has 1 aromatic carbocycles. The number of nitrogens with one attached hydrogen (secondary N) is 1. The minimum absolute atomic E-state index is 0.0268. The van der Waals surface area contributed by atoms with Crippen LogP contribution >= 0.6 is 11.8 Å². The number of carbonyl (C=O) groups is 1. The highest BCUT2D eigenvalue weighted by molar-refractivity contribution is 8.13. The molecule has 1 amide bonds. The Morgan fingerprint density at radius 2 is 2.19 bits per heavy atom. The Balaban J connectivity index is 1.97. The summed E-state index contributed by atoms with van der Waals surface area (Å²) in [4.78, 5) is 17.0. The van der Waals surface area contributed by atoms with Gasteiger partial charge in [-0.15, -0.1) is 0 Å². The van der Waals surface area contributed by atoms with Gasteiger partial charge in [0.05, 0.1) is 11.6 Å². The van der Waals surface area contributed by atoms with E-state index in [1.54, 1.807) is 33.9 Å². The van der Waals surface area contributed by atoms with Crippen LogP contribution in [0, 0.1) is 11.7 Å². The van der Waals surface area contributed by atoms with Gasteiger partial charge < -0.3 is 15.2 Å². The van der Waals surface area contributed by atoms with E-state index in [-0.39, 0.29) is 17.8 Å². The molecule has 0 spiro atoms. The maximum atomic E-state index is 14.7. The zero-order valence-electron chi connectivity index (χ0n) is 16.0. The molecule has 3 atom stereocenters. The first kappa shape index (κ1) is 19.9. The van der Waals surface area contributed by atoms with Crippen molar-refractivity contribution in [3.8, 4) is 0 Å². The van der Waals surface area contributed by atoms with E-state index < -0.39 is 17.2 Å². The van der Waals surface area contributed by atoms with Gasteiger partial charge in [0.15, 0.2) is 5.17 Å². The molecule has 1 fully saturated rings. The van der Waals surface area contributed by atoms with Crippen LogP contribution in [0.1, 0.15) is 39.2 Å². The van der Waals surface area contributed by atoms with Gasteiger partial charge in [-0.1, -0.05) is 11.8 Å². The Bertz CT molecular complexity index is 765. The third-order valence-corrected chi connectivity index (χ3v) is 5.92. The van der Waals surface area contributed by atoms with Crippen molar-refractivity contribution < 1.29 is 18.7 Å². The summed E-state index contributed by atoms with van der Waals surface area (Å²) in [5, 5.41) is 3.14. The molecule has 2 aliphatic rings. The molecule has 1 aliphatic heterocycles. The second-order valence-electron chi connectivity index (χ2n) is 8.01. The molecule has 0 saturated heterocycles. The number of benzene rings is 1. The summed E-state index contributed by atoms with van der Waals surface area (Å²) in [6.45, 7) is 5.38. The predicted molar refractivity (Wildman–Crippen MR) is 105 cm³/mol. The molecule has 6 nitrogen and oxygen atoms in total. The summed E-state index contributed by atoms with van der Waals surface area (Å²) in [6.07, 6.45) is 0.716. The second-order valence-corrected chi connectivity index (χ2v) is 9.02. The van der Waals surface area contributed by atoms with Crippen molar-refractivity contribution >= 4 is 28.7 Å². The minimum atomic E-state index is -0.810. The van der Waals surface area contributed by atoms with Crippen molar-refractivity contribution in [3.05, 3.63) is 29.6 Å². The third kappa shape index (κ3) is 4.21. The summed E-state index contributed by atoms with van der Waals surface area (Å²) >= 11 is 1.44. The monoisotopic (exact) mass is 395 g/mol. The smallest absolute Gasteiger partial charge is 0.413 e. The topological polar surface area (TPSA) is 85.9 Å². The van der Waals surface area contributed by atoms with E-state index in [4.69, 9.17) is 20.2 Å². The van der Waals surface area contributed by atoms with Gasteiger partial charge in [-0.25, -0.2) is 9.18 Å². The average Bonchev–Trinajstić information content (AvgIpc) is 2.94. The summed E-state index contributed by atoms with van der Waals surface area (Å²) in [5.74, 6) is 0.439. The van der Waals surface area contributed by atoms with Gasteiger partial charge in [-0.3, -0.25) is 10.3 Å². The van der Waals surface area contributed by atoms with Crippen molar-refractivity contribution in [2.75, 3.05) is 18.6 Å². The van der Waals surface area contributed by atoms with E-state index in [9.17, 15) is 9.18 Å². The Morgan fingerprint density at radius 3 is 2.85 bits per heavy atom. The number of fused-ring (bicyclic) bond motifs is 1. The molecule has 0 bridgehead atoms. The van der Waals surface area contributed by atoms with Crippen molar-refractivity contribution in [3.63, 3.8) is 0 Å². The van der Waals surface area contributed by atoms with E-state index in [0.717, 1.165) is 6.42 Å². The second kappa shape index (κ2) is 7.31. The number of ether oxygens (including phenoxy) is 2. The van der Waals surface area contributed by atoms with Gasteiger partial charge >= 0.3 is 6.09 Å². The Kier molecular flexibility index (Phi) is 5.40. The molecule has 1 heterocycles. The molecule has 3 N–H and O–H groups in total. The quantitative estimate of drug-likeness (QED) is 0.747. The number of carbonyl (C=O) groups excluding carboxylic acids is 1. The van der Waals surface area contributed by atoms with Gasteiger partial charge in [0.1, 0.15) is 11.4 Å². The normalized spacial score (nSPS) is 27.7. The van der Waals surface area contributed by atoms with Crippen LogP contribution in [0.15, 0.2) is 23.2 Å². The van der Waals surface area contributed by atoms with Gasteiger partial charge in [-0.05, 0) is 45.4 Å². The van der Waals surface area contributed by atoms with Gasteiger partial charge in [0, 0.05) is 36.5 Å². The molecule has 8 heteroatoms. The number of aliphatic imine (C=N–C) groups is 1. The van der Waals surface area contributed by atoms with E-state index in [1.807, 2.05) is 0 Å². The van der Waals surface area contributed by atoms with Crippen molar-refractivity contribution in [2.24, 2.45) is 10.9 Å². The van der Waals surface area contributed by atoms with Crippen LogP contribution in [0.4, 0.5) is 14.9 Å². The first-order valence-electron chi connectivity index (χ1n) is 8.94.